The molecule has 1 aliphatic carbocycles. The summed E-state index contributed by atoms with van der Waals surface area (Å²) >= 11 is 0. The standard InChI is InChI=1S/C31H33N7O/c39-31(20-7-3-1-4-8-20)34-23-15-22(18-32-19-23)21-9-10-27-24(16-21)29(37-36-27)28-17-25-26(35-28)11-12-33-30(25)38-13-5-2-6-14-38/h9-12,15-20,35H,1-8,13-14H2,(H,34,39)(H,36,37). The van der Waals surface area contributed by atoms with E-state index in [4.69, 9.17) is 4.98 Å². The molecule has 1 saturated heterocycles. The molecule has 5 heterocycles. The molecule has 4 aromatic heterocycles. The van der Waals surface area contributed by atoms with Crippen molar-refractivity contribution in [3.8, 4) is 22.5 Å². The number of fused-ring (bicyclic) bond motifs is 2. The minimum Gasteiger partial charge on any atom is -0.356 e. The number of hydrogen-bond donors (Lipinski definition) is 3. The van der Waals surface area contributed by atoms with Crippen LogP contribution in [0.3, 0.4) is 0 Å². The summed E-state index contributed by atoms with van der Waals surface area (Å²) < 4.78 is 0. The fourth-order valence-corrected chi connectivity index (χ4v) is 6.20. The van der Waals surface area contributed by atoms with Crippen LogP contribution in [-0.2, 0) is 4.79 Å². The van der Waals surface area contributed by atoms with Crippen molar-refractivity contribution in [2.24, 2.45) is 5.92 Å². The van der Waals surface area contributed by atoms with E-state index in [0.29, 0.717) is 0 Å². The van der Waals surface area contributed by atoms with Gasteiger partial charge in [0.25, 0.3) is 0 Å². The molecule has 3 N–H and O–H groups in total. The molecule has 7 rings (SSSR count). The molecule has 1 saturated carbocycles. The summed E-state index contributed by atoms with van der Waals surface area (Å²) in [6, 6.07) is 12.5. The highest BCUT2D eigenvalue weighted by Gasteiger charge is 2.22. The summed E-state index contributed by atoms with van der Waals surface area (Å²) in [5.41, 5.74) is 6.60. The number of aromatic amines is 2. The van der Waals surface area contributed by atoms with Gasteiger partial charge in [-0.15, -0.1) is 0 Å². The molecule has 2 fully saturated rings. The lowest BCUT2D eigenvalue weighted by Crippen LogP contribution is -2.30. The van der Waals surface area contributed by atoms with E-state index in [1.165, 1.54) is 25.7 Å². The van der Waals surface area contributed by atoms with Crippen LogP contribution in [0.4, 0.5) is 11.5 Å². The van der Waals surface area contributed by atoms with Gasteiger partial charge >= 0.3 is 0 Å². The van der Waals surface area contributed by atoms with E-state index in [-0.39, 0.29) is 11.8 Å². The highest BCUT2D eigenvalue weighted by Crippen LogP contribution is 2.35. The van der Waals surface area contributed by atoms with Gasteiger partial charge in [0.1, 0.15) is 11.5 Å². The number of H-pyrrole nitrogens is 2. The normalized spacial score (nSPS) is 16.7. The van der Waals surface area contributed by atoms with Crippen LogP contribution in [0.1, 0.15) is 51.4 Å². The Labute approximate surface area is 227 Å². The minimum atomic E-state index is 0.106. The van der Waals surface area contributed by atoms with Crippen molar-refractivity contribution in [1.82, 2.24) is 25.1 Å². The van der Waals surface area contributed by atoms with Crippen molar-refractivity contribution in [2.45, 2.75) is 51.4 Å². The van der Waals surface area contributed by atoms with Gasteiger partial charge in [-0.2, -0.15) is 5.10 Å². The third-order valence-corrected chi connectivity index (χ3v) is 8.32. The molecule has 0 unspecified atom stereocenters. The number of piperidine rings is 1. The maximum Gasteiger partial charge on any atom is 0.227 e. The van der Waals surface area contributed by atoms with Crippen LogP contribution in [0, 0.1) is 5.92 Å². The van der Waals surface area contributed by atoms with Crippen LogP contribution in [0.25, 0.3) is 44.3 Å². The Morgan fingerprint density at radius 3 is 2.59 bits per heavy atom. The van der Waals surface area contributed by atoms with Gasteiger partial charge < -0.3 is 15.2 Å². The van der Waals surface area contributed by atoms with E-state index in [9.17, 15) is 4.79 Å². The minimum absolute atomic E-state index is 0.106. The van der Waals surface area contributed by atoms with E-state index < -0.39 is 0 Å². The largest absolute Gasteiger partial charge is 0.356 e. The number of amides is 1. The third-order valence-electron chi connectivity index (χ3n) is 8.32. The Morgan fingerprint density at radius 1 is 0.872 bits per heavy atom. The first-order valence-corrected chi connectivity index (χ1v) is 14.2. The monoisotopic (exact) mass is 519 g/mol. The number of benzene rings is 1. The number of rotatable bonds is 5. The van der Waals surface area contributed by atoms with Gasteiger partial charge in [-0.3, -0.25) is 14.9 Å². The first-order valence-electron chi connectivity index (χ1n) is 14.2. The first kappa shape index (κ1) is 23.9. The molecular formula is C31H33N7O. The van der Waals surface area contributed by atoms with Gasteiger partial charge in [0.2, 0.25) is 5.91 Å². The molecule has 8 nitrogen and oxygen atoms in total. The molecule has 5 aromatic rings. The SMILES string of the molecule is O=C(Nc1cncc(-c2ccc3[nH]nc(-c4cc5c(N6CCCCC6)nccc5[nH]4)c3c2)c1)C1CCCCC1. The Bertz CT molecular complexity index is 1640. The Kier molecular flexibility index (Phi) is 6.23. The molecule has 198 valence electrons. The lowest BCUT2D eigenvalue weighted by atomic mass is 9.88. The molecular weight excluding hydrogens is 486 g/mol. The summed E-state index contributed by atoms with van der Waals surface area (Å²) in [5.74, 6) is 1.26. The van der Waals surface area contributed by atoms with Gasteiger partial charge in [0.15, 0.2) is 0 Å². The van der Waals surface area contributed by atoms with Crippen molar-refractivity contribution in [3.63, 3.8) is 0 Å². The number of hydrogen-bond acceptors (Lipinski definition) is 5. The number of nitrogens with zero attached hydrogens (tertiary/aromatic N) is 4. The third kappa shape index (κ3) is 4.64. The highest BCUT2D eigenvalue weighted by molar-refractivity contribution is 6.00. The molecule has 0 bridgehead atoms. The topological polar surface area (TPSA) is 103 Å². The van der Waals surface area contributed by atoms with Crippen molar-refractivity contribution in [1.29, 1.82) is 0 Å². The molecule has 1 amide bonds. The second kappa shape index (κ2) is 10.2. The molecule has 0 spiro atoms. The number of carbonyl (C=O) groups is 1. The van der Waals surface area contributed by atoms with E-state index in [0.717, 1.165) is 94.6 Å². The fourth-order valence-electron chi connectivity index (χ4n) is 6.20. The summed E-state index contributed by atoms with van der Waals surface area (Å²) in [6.07, 6.45) is 14.6. The number of anilines is 2. The Morgan fingerprint density at radius 2 is 1.72 bits per heavy atom. The molecule has 1 aromatic carbocycles. The highest BCUT2D eigenvalue weighted by atomic mass is 16.1. The van der Waals surface area contributed by atoms with Crippen LogP contribution in [0.15, 0.2) is 55.0 Å². The van der Waals surface area contributed by atoms with Gasteiger partial charge in [-0.1, -0.05) is 25.3 Å². The summed E-state index contributed by atoms with van der Waals surface area (Å²) in [4.78, 5) is 28.0. The average molecular weight is 520 g/mol. The van der Waals surface area contributed by atoms with Crippen molar-refractivity contribution in [2.75, 3.05) is 23.3 Å². The number of carbonyl (C=O) groups excluding carboxylic acids is 1. The zero-order chi connectivity index (χ0) is 26.2. The number of nitrogens with one attached hydrogen (secondary N) is 3. The number of aromatic nitrogens is 5. The van der Waals surface area contributed by atoms with Crippen molar-refractivity contribution in [3.05, 3.63) is 55.0 Å². The summed E-state index contributed by atoms with van der Waals surface area (Å²) in [7, 11) is 0. The average Bonchev–Trinajstić information content (AvgIpc) is 3.62. The smallest absolute Gasteiger partial charge is 0.227 e. The first-order chi connectivity index (χ1) is 19.2. The zero-order valence-electron chi connectivity index (χ0n) is 22.0. The van der Waals surface area contributed by atoms with Crippen LogP contribution < -0.4 is 10.2 Å². The van der Waals surface area contributed by atoms with Gasteiger partial charge in [0.05, 0.1) is 28.6 Å². The van der Waals surface area contributed by atoms with Crippen LogP contribution >= 0.6 is 0 Å². The van der Waals surface area contributed by atoms with Crippen LogP contribution in [0.5, 0.6) is 0 Å². The van der Waals surface area contributed by atoms with E-state index in [2.05, 4.69) is 54.6 Å². The van der Waals surface area contributed by atoms with Crippen molar-refractivity contribution >= 4 is 39.2 Å². The predicted octanol–water partition coefficient (Wildman–Crippen LogP) is 6.68. The Balaban J connectivity index is 1.20. The maximum atomic E-state index is 12.8. The number of pyridine rings is 2. The maximum absolute atomic E-state index is 12.8. The van der Waals surface area contributed by atoms with Gasteiger partial charge in [-0.25, -0.2) is 4.98 Å². The summed E-state index contributed by atoms with van der Waals surface area (Å²) in [5, 5.41) is 13.1. The second-order valence-corrected chi connectivity index (χ2v) is 10.9. The zero-order valence-corrected chi connectivity index (χ0v) is 22.0. The second-order valence-electron chi connectivity index (χ2n) is 10.9. The lowest BCUT2D eigenvalue weighted by molar-refractivity contribution is -0.120. The molecule has 8 heteroatoms. The van der Waals surface area contributed by atoms with Crippen LogP contribution in [-0.4, -0.2) is 44.1 Å². The molecule has 0 radical (unpaired) electrons. The quantitative estimate of drug-likeness (QED) is 0.240. The van der Waals surface area contributed by atoms with Gasteiger partial charge in [-0.05, 0) is 68.0 Å². The Hall–Kier alpha value is -4.20. The molecule has 0 atom stereocenters. The van der Waals surface area contributed by atoms with Crippen molar-refractivity contribution < 1.29 is 4.79 Å². The van der Waals surface area contributed by atoms with E-state index >= 15 is 0 Å². The molecule has 2 aliphatic rings. The lowest BCUT2D eigenvalue weighted by Gasteiger charge is -2.28. The fraction of sp³-hybridized carbons (Fsp3) is 0.355. The summed E-state index contributed by atoms with van der Waals surface area (Å²) in [6.45, 7) is 2.10. The molecule has 1 aliphatic heterocycles. The van der Waals surface area contributed by atoms with E-state index in [1.54, 1.807) is 6.20 Å². The predicted molar refractivity (Wildman–Crippen MR) is 156 cm³/mol. The molecule has 39 heavy (non-hydrogen) atoms. The van der Waals surface area contributed by atoms with E-state index in [1.807, 2.05) is 24.5 Å². The van der Waals surface area contributed by atoms with Gasteiger partial charge in [0, 0.05) is 47.7 Å². The van der Waals surface area contributed by atoms with Crippen LogP contribution in [0.2, 0.25) is 0 Å².